The van der Waals surface area contributed by atoms with E-state index in [4.69, 9.17) is 19.3 Å². The first-order valence-corrected chi connectivity index (χ1v) is 5.82. The number of carboxylic acid groups (broad SMARTS) is 1. The van der Waals surface area contributed by atoms with Gasteiger partial charge in [0.05, 0.1) is 26.7 Å². The van der Waals surface area contributed by atoms with Crippen molar-refractivity contribution in [1.29, 1.82) is 0 Å². The van der Waals surface area contributed by atoms with Gasteiger partial charge in [0.15, 0.2) is 11.5 Å². The fraction of sp³-hybridized carbons (Fsp3) is 0.462. The summed E-state index contributed by atoms with van der Waals surface area (Å²) in [7, 11) is 1.56. The van der Waals surface area contributed by atoms with E-state index in [0.29, 0.717) is 30.3 Å². The van der Waals surface area contributed by atoms with Crippen molar-refractivity contribution in [1.82, 2.24) is 0 Å². The molecule has 0 bridgehead atoms. The Morgan fingerprint density at radius 2 is 2.33 bits per heavy atom. The van der Waals surface area contributed by atoms with Crippen LogP contribution in [0, 0.1) is 0 Å². The second kappa shape index (κ2) is 5.73. The lowest BCUT2D eigenvalue weighted by molar-refractivity contribution is -0.136. The van der Waals surface area contributed by atoms with Crippen LogP contribution in [0.1, 0.15) is 12.0 Å². The molecule has 18 heavy (non-hydrogen) atoms. The van der Waals surface area contributed by atoms with E-state index in [1.165, 1.54) is 0 Å². The maximum Gasteiger partial charge on any atom is 0.307 e. The second-order valence-corrected chi connectivity index (χ2v) is 4.16. The molecular weight excluding hydrogens is 236 g/mol. The SMILES string of the molecule is COc1ccc(CC(=O)O)cc1OC1CCOC1. The smallest absolute Gasteiger partial charge is 0.307 e. The van der Waals surface area contributed by atoms with Crippen LogP contribution < -0.4 is 9.47 Å². The van der Waals surface area contributed by atoms with Gasteiger partial charge < -0.3 is 19.3 Å². The van der Waals surface area contributed by atoms with Crippen molar-refractivity contribution in [3.05, 3.63) is 23.8 Å². The molecule has 1 saturated heterocycles. The molecule has 1 unspecified atom stereocenters. The van der Waals surface area contributed by atoms with Crippen molar-refractivity contribution in [3.63, 3.8) is 0 Å². The molecule has 0 radical (unpaired) electrons. The van der Waals surface area contributed by atoms with Gasteiger partial charge in [-0.05, 0) is 17.7 Å². The zero-order valence-corrected chi connectivity index (χ0v) is 10.2. The molecule has 1 N–H and O–H groups in total. The molecule has 1 aliphatic rings. The number of benzene rings is 1. The average Bonchev–Trinajstić information content (AvgIpc) is 2.81. The molecule has 0 aromatic heterocycles. The summed E-state index contributed by atoms with van der Waals surface area (Å²) in [5.41, 5.74) is 0.692. The highest BCUT2D eigenvalue weighted by Gasteiger charge is 2.19. The third-order valence-electron chi connectivity index (χ3n) is 2.76. The number of carbonyl (C=O) groups is 1. The highest BCUT2D eigenvalue weighted by Crippen LogP contribution is 2.30. The van der Waals surface area contributed by atoms with E-state index in [1.54, 1.807) is 25.3 Å². The summed E-state index contributed by atoms with van der Waals surface area (Å²) in [5, 5.41) is 8.78. The number of carboxylic acids is 1. The number of aliphatic carboxylic acids is 1. The molecule has 2 rings (SSSR count). The topological polar surface area (TPSA) is 65.0 Å². The molecular formula is C13H16O5. The fourth-order valence-corrected chi connectivity index (χ4v) is 1.88. The molecule has 1 aromatic rings. The third kappa shape index (κ3) is 3.13. The standard InChI is InChI=1S/C13H16O5/c1-16-11-3-2-9(7-13(14)15)6-12(11)18-10-4-5-17-8-10/h2-3,6,10H,4-5,7-8H2,1H3,(H,14,15). The molecule has 1 aliphatic heterocycles. The Labute approximate surface area is 105 Å². The summed E-state index contributed by atoms with van der Waals surface area (Å²) >= 11 is 0. The van der Waals surface area contributed by atoms with Gasteiger partial charge in [0.2, 0.25) is 0 Å². The lowest BCUT2D eigenvalue weighted by Crippen LogP contribution is -2.16. The number of rotatable bonds is 5. The van der Waals surface area contributed by atoms with Gasteiger partial charge in [-0.15, -0.1) is 0 Å². The Morgan fingerprint density at radius 3 is 2.94 bits per heavy atom. The summed E-state index contributed by atoms with van der Waals surface area (Å²) in [6, 6.07) is 5.17. The van der Waals surface area contributed by atoms with Crippen LogP contribution in [-0.2, 0) is 16.0 Å². The molecule has 1 aromatic carbocycles. The molecule has 0 amide bonds. The molecule has 0 aliphatic carbocycles. The van der Waals surface area contributed by atoms with Crippen molar-refractivity contribution in [2.45, 2.75) is 18.9 Å². The number of hydrogen-bond donors (Lipinski definition) is 1. The lowest BCUT2D eigenvalue weighted by atomic mass is 10.1. The minimum Gasteiger partial charge on any atom is -0.493 e. The predicted molar refractivity (Wildman–Crippen MR) is 64.2 cm³/mol. The maximum atomic E-state index is 10.7. The minimum atomic E-state index is -0.865. The molecule has 98 valence electrons. The van der Waals surface area contributed by atoms with Crippen molar-refractivity contribution in [2.75, 3.05) is 20.3 Å². The molecule has 0 saturated carbocycles. The molecule has 5 heteroatoms. The van der Waals surface area contributed by atoms with Crippen molar-refractivity contribution >= 4 is 5.97 Å². The van der Waals surface area contributed by atoms with Crippen molar-refractivity contribution in [3.8, 4) is 11.5 Å². The Hall–Kier alpha value is -1.75. The molecule has 1 atom stereocenters. The molecule has 1 fully saturated rings. The Balaban J connectivity index is 2.15. The summed E-state index contributed by atoms with van der Waals surface area (Å²) < 4.78 is 16.2. The molecule has 5 nitrogen and oxygen atoms in total. The van der Waals surface area contributed by atoms with Crippen LogP contribution in [0.3, 0.4) is 0 Å². The van der Waals surface area contributed by atoms with E-state index in [9.17, 15) is 4.79 Å². The first-order valence-electron chi connectivity index (χ1n) is 5.82. The van der Waals surface area contributed by atoms with Crippen LogP contribution in [-0.4, -0.2) is 37.5 Å². The highest BCUT2D eigenvalue weighted by molar-refractivity contribution is 5.70. The van der Waals surface area contributed by atoms with E-state index in [1.807, 2.05) is 0 Å². The summed E-state index contributed by atoms with van der Waals surface area (Å²) in [6.07, 6.45) is 0.826. The monoisotopic (exact) mass is 252 g/mol. The van der Waals surface area contributed by atoms with Gasteiger partial charge in [-0.2, -0.15) is 0 Å². The largest absolute Gasteiger partial charge is 0.493 e. The van der Waals surface area contributed by atoms with Gasteiger partial charge in [0, 0.05) is 6.42 Å². The number of methoxy groups -OCH3 is 1. The Morgan fingerprint density at radius 1 is 1.50 bits per heavy atom. The van der Waals surface area contributed by atoms with Crippen LogP contribution in [0.2, 0.25) is 0 Å². The first kappa shape index (κ1) is 12.7. The minimum absolute atomic E-state index is 0.0129. The van der Waals surface area contributed by atoms with Crippen molar-refractivity contribution in [2.24, 2.45) is 0 Å². The first-order chi connectivity index (χ1) is 8.69. The van der Waals surface area contributed by atoms with Gasteiger partial charge in [0.25, 0.3) is 0 Å². The van der Waals surface area contributed by atoms with Crippen LogP contribution in [0.5, 0.6) is 11.5 Å². The van der Waals surface area contributed by atoms with Gasteiger partial charge in [-0.1, -0.05) is 6.07 Å². The van der Waals surface area contributed by atoms with Crippen molar-refractivity contribution < 1.29 is 24.1 Å². The molecule has 0 spiro atoms. The van der Waals surface area contributed by atoms with E-state index in [-0.39, 0.29) is 12.5 Å². The summed E-state index contributed by atoms with van der Waals surface area (Å²) in [4.78, 5) is 10.7. The fourth-order valence-electron chi connectivity index (χ4n) is 1.88. The van der Waals surface area contributed by atoms with Gasteiger partial charge in [-0.3, -0.25) is 4.79 Å². The van der Waals surface area contributed by atoms with E-state index in [0.717, 1.165) is 6.42 Å². The van der Waals surface area contributed by atoms with E-state index >= 15 is 0 Å². The van der Waals surface area contributed by atoms with Crippen LogP contribution in [0.15, 0.2) is 18.2 Å². The van der Waals surface area contributed by atoms with Gasteiger partial charge >= 0.3 is 5.97 Å². The quantitative estimate of drug-likeness (QED) is 0.860. The van der Waals surface area contributed by atoms with Crippen LogP contribution in [0.4, 0.5) is 0 Å². The Bertz CT molecular complexity index is 423. The predicted octanol–water partition coefficient (Wildman–Crippen LogP) is 1.49. The lowest BCUT2D eigenvalue weighted by Gasteiger charge is -2.15. The number of ether oxygens (including phenoxy) is 3. The molecule has 1 heterocycles. The van der Waals surface area contributed by atoms with Gasteiger partial charge in [-0.25, -0.2) is 0 Å². The second-order valence-electron chi connectivity index (χ2n) is 4.16. The highest BCUT2D eigenvalue weighted by atomic mass is 16.6. The zero-order valence-electron chi connectivity index (χ0n) is 10.2. The average molecular weight is 252 g/mol. The Kier molecular flexibility index (Phi) is 4.04. The van der Waals surface area contributed by atoms with Gasteiger partial charge in [0.1, 0.15) is 6.10 Å². The zero-order chi connectivity index (χ0) is 13.0. The van der Waals surface area contributed by atoms with E-state index in [2.05, 4.69) is 0 Å². The third-order valence-corrected chi connectivity index (χ3v) is 2.76. The van der Waals surface area contributed by atoms with E-state index < -0.39 is 5.97 Å². The summed E-state index contributed by atoms with van der Waals surface area (Å²) in [6.45, 7) is 1.26. The maximum absolute atomic E-state index is 10.7. The normalized spacial score (nSPS) is 18.6. The van der Waals surface area contributed by atoms with Crippen LogP contribution in [0.25, 0.3) is 0 Å². The number of hydrogen-bond acceptors (Lipinski definition) is 4. The summed E-state index contributed by atoms with van der Waals surface area (Å²) in [5.74, 6) is 0.318. The van der Waals surface area contributed by atoms with Crippen LogP contribution >= 0.6 is 0 Å².